The van der Waals surface area contributed by atoms with E-state index in [9.17, 15) is 4.39 Å². The summed E-state index contributed by atoms with van der Waals surface area (Å²) in [6, 6.07) is 0. The van der Waals surface area contributed by atoms with E-state index in [-0.39, 0.29) is 5.83 Å². The summed E-state index contributed by atoms with van der Waals surface area (Å²) in [5.41, 5.74) is 0. The standard InChI is InChI=1S/C6H8FN/c1-8-4-2-6(7)3-5-8/h2-4H,5H2,1H3. The second-order valence-corrected chi connectivity index (χ2v) is 1.84. The smallest absolute Gasteiger partial charge is 0.122 e. The first kappa shape index (κ1) is 5.35. The summed E-state index contributed by atoms with van der Waals surface area (Å²) in [6.45, 7) is 0.683. The van der Waals surface area contributed by atoms with Crippen molar-refractivity contribution in [1.82, 2.24) is 4.90 Å². The van der Waals surface area contributed by atoms with Crippen molar-refractivity contribution in [2.75, 3.05) is 13.6 Å². The normalized spacial score (nSPS) is 18.8. The highest BCUT2D eigenvalue weighted by Crippen LogP contribution is 2.04. The van der Waals surface area contributed by atoms with Crippen molar-refractivity contribution in [2.24, 2.45) is 0 Å². The zero-order chi connectivity index (χ0) is 5.98. The highest BCUT2D eigenvalue weighted by Gasteiger charge is 1.95. The molecule has 1 aliphatic rings. The lowest BCUT2D eigenvalue weighted by atomic mass is 10.3. The third-order valence-corrected chi connectivity index (χ3v) is 1.06. The van der Waals surface area contributed by atoms with Crippen molar-refractivity contribution in [2.45, 2.75) is 0 Å². The molecule has 0 aliphatic carbocycles. The molecular weight excluding hydrogens is 105 g/mol. The molecule has 8 heavy (non-hydrogen) atoms. The minimum Gasteiger partial charge on any atom is -0.376 e. The number of likely N-dealkylation sites (N-methyl/N-ethyl adjacent to an activating group) is 1. The van der Waals surface area contributed by atoms with Crippen molar-refractivity contribution in [1.29, 1.82) is 0 Å². The van der Waals surface area contributed by atoms with Crippen molar-refractivity contribution in [3.63, 3.8) is 0 Å². The first-order valence-corrected chi connectivity index (χ1v) is 2.53. The molecule has 0 spiro atoms. The molecule has 0 saturated heterocycles. The molecule has 0 saturated carbocycles. The van der Waals surface area contributed by atoms with Gasteiger partial charge < -0.3 is 4.90 Å². The zero-order valence-electron chi connectivity index (χ0n) is 4.76. The lowest BCUT2D eigenvalue weighted by Gasteiger charge is -2.13. The van der Waals surface area contributed by atoms with E-state index in [1.54, 1.807) is 12.3 Å². The Kier molecular flexibility index (Phi) is 1.33. The Morgan fingerprint density at radius 1 is 1.75 bits per heavy atom. The second-order valence-electron chi connectivity index (χ2n) is 1.84. The number of nitrogens with zero attached hydrogens (tertiary/aromatic N) is 1. The second kappa shape index (κ2) is 1.99. The molecule has 44 valence electrons. The largest absolute Gasteiger partial charge is 0.376 e. The van der Waals surface area contributed by atoms with Crippen LogP contribution in [0.5, 0.6) is 0 Å². The zero-order valence-corrected chi connectivity index (χ0v) is 4.76. The molecule has 1 heterocycles. The van der Waals surface area contributed by atoms with Gasteiger partial charge in [-0.2, -0.15) is 0 Å². The van der Waals surface area contributed by atoms with Crippen LogP contribution in [-0.2, 0) is 0 Å². The van der Waals surface area contributed by atoms with Gasteiger partial charge in [-0.05, 0) is 12.2 Å². The van der Waals surface area contributed by atoms with Gasteiger partial charge in [-0.25, -0.2) is 4.39 Å². The number of halogens is 1. The van der Waals surface area contributed by atoms with E-state index < -0.39 is 0 Å². The Labute approximate surface area is 48.1 Å². The molecule has 0 aromatic rings. The fraction of sp³-hybridized carbons (Fsp3) is 0.333. The van der Waals surface area contributed by atoms with E-state index in [1.807, 2.05) is 11.9 Å². The number of hydrogen-bond acceptors (Lipinski definition) is 1. The number of rotatable bonds is 0. The average molecular weight is 113 g/mol. The van der Waals surface area contributed by atoms with Gasteiger partial charge >= 0.3 is 0 Å². The van der Waals surface area contributed by atoms with E-state index >= 15 is 0 Å². The third kappa shape index (κ3) is 1.09. The van der Waals surface area contributed by atoms with Crippen LogP contribution in [0.25, 0.3) is 0 Å². The molecule has 0 aromatic carbocycles. The van der Waals surface area contributed by atoms with Gasteiger partial charge in [-0.1, -0.05) is 0 Å². The maximum Gasteiger partial charge on any atom is 0.122 e. The quantitative estimate of drug-likeness (QED) is 0.457. The van der Waals surface area contributed by atoms with Crippen LogP contribution in [0.1, 0.15) is 0 Å². The molecule has 0 fully saturated rings. The summed E-state index contributed by atoms with van der Waals surface area (Å²) < 4.78 is 12.1. The van der Waals surface area contributed by atoms with Gasteiger partial charge in [0.2, 0.25) is 0 Å². The molecule has 1 aliphatic heterocycles. The van der Waals surface area contributed by atoms with Gasteiger partial charge in [0.1, 0.15) is 5.83 Å². The molecular formula is C6H8FN. The van der Waals surface area contributed by atoms with Crippen molar-refractivity contribution < 1.29 is 4.39 Å². The van der Waals surface area contributed by atoms with Crippen molar-refractivity contribution in [3.8, 4) is 0 Å². The molecule has 0 radical (unpaired) electrons. The van der Waals surface area contributed by atoms with Crippen LogP contribution in [-0.4, -0.2) is 18.5 Å². The Bertz CT molecular complexity index is 137. The van der Waals surface area contributed by atoms with E-state index in [4.69, 9.17) is 0 Å². The highest BCUT2D eigenvalue weighted by atomic mass is 19.1. The monoisotopic (exact) mass is 113 g/mol. The van der Waals surface area contributed by atoms with Crippen molar-refractivity contribution >= 4 is 0 Å². The number of hydrogen-bond donors (Lipinski definition) is 0. The fourth-order valence-electron chi connectivity index (χ4n) is 0.559. The lowest BCUT2D eigenvalue weighted by molar-refractivity contribution is 0.487. The van der Waals surface area contributed by atoms with Crippen LogP contribution >= 0.6 is 0 Å². The SMILES string of the molecule is CN1C=CC(F)=CC1. The average Bonchev–Trinajstić information content (AvgIpc) is 1.77. The van der Waals surface area contributed by atoms with E-state index in [0.29, 0.717) is 6.54 Å². The first-order valence-electron chi connectivity index (χ1n) is 2.53. The van der Waals surface area contributed by atoms with Crippen molar-refractivity contribution in [3.05, 3.63) is 24.2 Å². The van der Waals surface area contributed by atoms with Crippen LogP contribution in [0.2, 0.25) is 0 Å². The predicted molar refractivity (Wildman–Crippen MR) is 31.0 cm³/mol. The molecule has 1 nitrogen and oxygen atoms in total. The van der Waals surface area contributed by atoms with Crippen LogP contribution in [0.4, 0.5) is 4.39 Å². The minimum atomic E-state index is -0.136. The Hall–Kier alpha value is -0.790. The van der Waals surface area contributed by atoms with Crippen LogP contribution < -0.4 is 0 Å². The van der Waals surface area contributed by atoms with Gasteiger partial charge in [-0.15, -0.1) is 0 Å². The van der Waals surface area contributed by atoms with Gasteiger partial charge in [0.25, 0.3) is 0 Å². The summed E-state index contributed by atoms with van der Waals surface area (Å²) >= 11 is 0. The summed E-state index contributed by atoms with van der Waals surface area (Å²) in [7, 11) is 1.90. The minimum absolute atomic E-state index is 0.136. The fourth-order valence-corrected chi connectivity index (χ4v) is 0.559. The molecule has 0 atom stereocenters. The maximum absolute atomic E-state index is 12.1. The van der Waals surface area contributed by atoms with Crippen LogP contribution in [0.3, 0.4) is 0 Å². The summed E-state index contributed by atoms with van der Waals surface area (Å²) in [4.78, 5) is 1.91. The third-order valence-electron chi connectivity index (χ3n) is 1.06. The molecule has 0 aromatic heterocycles. The molecule has 0 N–H and O–H groups in total. The Balaban J connectivity index is 2.58. The molecule has 1 rings (SSSR count). The van der Waals surface area contributed by atoms with E-state index in [1.165, 1.54) is 6.08 Å². The first-order chi connectivity index (χ1) is 3.79. The van der Waals surface area contributed by atoms with Crippen LogP contribution in [0.15, 0.2) is 24.2 Å². The van der Waals surface area contributed by atoms with Gasteiger partial charge in [0.15, 0.2) is 0 Å². The molecule has 0 bridgehead atoms. The van der Waals surface area contributed by atoms with Crippen LogP contribution in [0, 0.1) is 0 Å². The number of allylic oxidation sites excluding steroid dienone is 2. The van der Waals surface area contributed by atoms with E-state index in [2.05, 4.69) is 0 Å². The molecule has 0 amide bonds. The van der Waals surface area contributed by atoms with Gasteiger partial charge in [0, 0.05) is 19.8 Å². The van der Waals surface area contributed by atoms with Gasteiger partial charge in [-0.3, -0.25) is 0 Å². The molecule has 2 heteroatoms. The summed E-state index contributed by atoms with van der Waals surface area (Å²) in [5, 5.41) is 0. The Morgan fingerprint density at radius 3 is 2.88 bits per heavy atom. The predicted octanol–water partition coefficient (Wildman–Crippen LogP) is 1.30. The Morgan fingerprint density at radius 2 is 2.50 bits per heavy atom. The molecule has 0 unspecified atom stereocenters. The maximum atomic E-state index is 12.1. The van der Waals surface area contributed by atoms with Gasteiger partial charge in [0.05, 0.1) is 0 Å². The highest BCUT2D eigenvalue weighted by molar-refractivity contribution is 5.14. The van der Waals surface area contributed by atoms with E-state index in [0.717, 1.165) is 0 Å². The topological polar surface area (TPSA) is 3.24 Å². The summed E-state index contributed by atoms with van der Waals surface area (Å²) in [6.07, 6.45) is 4.71. The lowest BCUT2D eigenvalue weighted by Crippen LogP contribution is -2.12. The summed E-state index contributed by atoms with van der Waals surface area (Å²) in [5.74, 6) is -0.136.